The monoisotopic (exact) mass is 343 g/mol. The average Bonchev–Trinajstić information content (AvgIpc) is 2.90. The number of piperidine rings is 1. The van der Waals surface area contributed by atoms with Crippen molar-refractivity contribution in [1.82, 2.24) is 15.2 Å². The van der Waals surface area contributed by atoms with E-state index >= 15 is 0 Å². The van der Waals surface area contributed by atoms with Gasteiger partial charge in [-0.1, -0.05) is 32.6 Å². The zero-order valence-corrected chi connectivity index (χ0v) is 15.2. The molecular weight excluding hydrogens is 314 g/mol. The predicted molar refractivity (Wildman–Crippen MR) is 97.5 cm³/mol. The first-order valence-corrected chi connectivity index (χ1v) is 9.69. The van der Waals surface area contributed by atoms with Crippen molar-refractivity contribution in [3.05, 3.63) is 29.6 Å². The summed E-state index contributed by atoms with van der Waals surface area (Å²) in [6.45, 7) is 3.73. The molecule has 1 aliphatic heterocycles. The third-order valence-corrected chi connectivity index (χ3v) is 5.38. The minimum Gasteiger partial charge on any atom is -0.349 e. The van der Waals surface area contributed by atoms with Crippen LogP contribution >= 0.6 is 0 Å². The van der Waals surface area contributed by atoms with Crippen LogP contribution < -0.4 is 5.32 Å². The van der Waals surface area contributed by atoms with E-state index in [1.54, 1.807) is 18.3 Å². The lowest BCUT2D eigenvalue weighted by Gasteiger charge is -2.30. The Morgan fingerprint density at radius 2 is 1.88 bits per heavy atom. The minimum atomic E-state index is -0.0876. The number of pyridine rings is 1. The number of rotatable bonds is 3. The van der Waals surface area contributed by atoms with E-state index in [1.807, 2.05) is 4.90 Å². The molecule has 0 radical (unpaired) electrons. The maximum Gasteiger partial charge on any atom is 0.272 e. The molecule has 5 nitrogen and oxygen atoms in total. The number of aromatic nitrogens is 1. The standard InChI is InChI=1S/C20H29N3O2/c1-15-7-6-12-23(14-15)20(25)18-13-16(10-11-21-18)19(24)22-17-8-4-2-3-5-9-17/h10-11,13,15,17H,2-9,12,14H2,1H3,(H,22,24). The summed E-state index contributed by atoms with van der Waals surface area (Å²) in [4.78, 5) is 31.3. The van der Waals surface area contributed by atoms with Crippen LogP contribution in [-0.2, 0) is 0 Å². The van der Waals surface area contributed by atoms with Gasteiger partial charge in [0, 0.05) is 30.9 Å². The van der Waals surface area contributed by atoms with Gasteiger partial charge in [-0.15, -0.1) is 0 Å². The minimum absolute atomic E-state index is 0.0596. The van der Waals surface area contributed by atoms with Crippen molar-refractivity contribution in [1.29, 1.82) is 0 Å². The van der Waals surface area contributed by atoms with Crippen LogP contribution in [0.15, 0.2) is 18.3 Å². The molecule has 136 valence electrons. The van der Waals surface area contributed by atoms with Crippen LogP contribution in [0.2, 0.25) is 0 Å². The van der Waals surface area contributed by atoms with E-state index in [0.29, 0.717) is 17.2 Å². The summed E-state index contributed by atoms with van der Waals surface area (Å²) in [5.74, 6) is 0.380. The number of likely N-dealkylation sites (tertiary alicyclic amines) is 1. The molecule has 1 aromatic heterocycles. The quantitative estimate of drug-likeness (QED) is 0.856. The molecule has 2 aliphatic rings. The first-order valence-electron chi connectivity index (χ1n) is 9.69. The molecule has 5 heteroatoms. The maximum absolute atomic E-state index is 12.7. The third-order valence-electron chi connectivity index (χ3n) is 5.38. The Labute approximate surface area is 150 Å². The van der Waals surface area contributed by atoms with E-state index in [1.165, 1.54) is 32.1 Å². The zero-order chi connectivity index (χ0) is 17.6. The largest absolute Gasteiger partial charge is 0.349 e. The van der Waals surface area contributed by atoms with E-state index in [-0.39, 0.29) is 17.9 Å². The molecule has 1 atom stereocenters. The van der Waals surface area contributed by atoms with Crippen LogP contribution in [0.4, 0.5) is 0 Å². The van der Waals surface area contributed by atoms with Gasteiger partial charge in [0.05, 0.1) is 0 Å². The smallest absolute Gasteiger partial charge is 0.272 e. The Morgan fingerprint density at radius 3 is 2.60 bits per heavy atom. The molecule has 0 spiro atoms. The van der Waals surface area contributed by atoms with Gasteiger partial charge in [0.1, 0.15) is 5.69 Å². The third kappa shape index (κ3) is 4.80. The Morgan fingerprint density at radius 1 is 1.12 bits per heavy atom. The number of hydrogen-bond acceptors (Lipinski definition) is 3. The van der Waals surface area contributed by atoms with Crippen LogP contribution in [0.25, 0.3) is 0 Å². The number of carbonyl (C=O) groups is 2. The molecule has 2 heterocycles. The molecule has 25 heavy (non-hydrogen) atoms. The van der Waals surface area contributed by atoms with Crippen molar-refractivity contribution < 1.29 is 9.59 Å². The second kappa shape index (κ2) is 8.45. The molecular formula is C20H29N3O2. The number of hydrogen-bond donors (Lipinski definition) is 1. The van der Waals surface area contributed by atoms with Crippen molar-refractivity contribution in [2.75, 3.05) is 13.1 Å². The second-order valence-electron chi connectivity index (χ2n) is 7.59. The molecule has 1 aliphatic carbocycles. The van der Waals surface area contributed by atoms with Gasteiger partial charge in [-0.05, 0) is 43.7 Å². The zero-order valence-electron chi connectivity index (χ0n) is 15.2. The van der Waals surface area contributed by atoms with Crippen molar-refractivity contribution in [2.45, 2.75) is 64.3 Å². The van der Waals surface area contributed by atoms with Crippen LogP contribution in [-0.4, -0.2) is 40.8 Å². The molecule has 1 unspecified atom stereocenters. The van der Waals surface area contributed by atoms with Gasteiger partial charge < -0.3 is 10.2 Å². The van der Waals surface area contributed by atoms with Gasteiger partial charge in [-0.3, -0.25) is 14.6 Å². The number of amides is 2. The van der Waals surface area contributed by atoms with E-state index in [4.69, 9.17) is 0 Å². The second-order valence-corrected chi connectivity index (χ2v) is 7.59. The predicted octanol–water partition coefficient (Wildman–Crippen LogP) is 3.41. The van der Waals surface area contributed by atoms with Gasteiger partial charge >= 0.3 is 0 Å². The lowest BCUT2D eigenvalue weighted by molar-refractivity contribution is 0.0677. The summed E-state index contributed by atoms with van der Waals surface area (Å²) in [7, 11) is 0. The van der Waals surface area contributed by atoms with Crippen LogP contribution in [0.3, 0.4) is 0 Å². The highest BCUT2D eigenvalue weighted by atomic mass is 16.2. The lowest BCUT2D eigenvalue weighted by atomic mass is 10.00. The Bertz CT molecular complexity index is 609. The van der Waals surface area contributed by atoms with Crippen LogP contribution in [0.5, 0.6) is 0 Å². The highest BCUT2D eigenvalue weighted by molar-refractivity contribution is 5.98. The molecule has 1 aromatic rings. The molecule has 0 aromatic carbocycles. The van der Waals surface area contributed by atoms with Gasteiger partial charge in [-0.25, -0.2) is 0 Å². The van der Waals surface area contributed by atoms with Crippen molar-refractivity contribution in [2.24, 2.45) is 5.92 Å². The van der Waals surface area contributed by atoms with Gasteiger partial charge in [0.2, 0.25) is 0 Å². The summed E-state index contributed by atoms with van der Waals surface area (Å²) in [5.41, 5.74) is 0.912. The topological polar surface area (TPSA) is 62.3 Å². The van der Waals surface area contributed by atoms with Crippen molar-refractivity contribution in [3.63, 3.8) is 0 Å². The SMILES string of the molecule is CC1CCCN(C(=O)c2cc(C(=O)NC3CCCCCC3)ccn2)C1. The van der Waals surface area contributed by atoms with E-state index in [0.717, 1.165) is 32.4 Å². The van der Waals surface area contributed by atoms with Gasteiger partial charge in [-0.2, -0.15) is 0 Å². The Balaban J connectivity index is 1.65. The van der Waals surface area contributed by atoms with E-state index in [9.17, 15) is 9.59 Å². The number of carbonyl (C=O) groups excluding carboxylic acids is 2. The molecule has 1 saturated heterocycles. The Hall–Kier alpha value is -1.91. The first kappa shape index (κ1) is 17.9. The van der Waals surface area contributed by atoms with Crippen molar-refractivity contribution >= 4 is 11.8 Å². The van der Waals surface area contributed by atoms with Gasteiger partial charge in [0.15, 0.2) is 0 Å². The van der Waals surface area contributed by atoms with Crippen LogP contribution in [0, 0.1) is 5.92 Å². The highest BCUT2D eigenvalue weighted by Crippen LogP contribution is 2.19. The lowest BCUT2D eigenvalue weighted by Crippen LogP contribution is -2.39. The molecule has 2 amide bonds. The normalized spacial score (nSPS) is 22.3. The summed E-state index contributed by atoms with van der Waals surface area (Å²) < 4.78 is 0. The van der Waals surface area contributed by atoms with Crippen molar-refractivity contribution in [3.8, 4) is 0 Å². The molecule has 1 N–H and O–H groups in total. The number of nitrogens with zero attached hydrogens (tertiary/aromatic N) is 2. The fraction of sp³-hybridized carbons (Fsp3) is 0.650. The highest BCUT2D eigenvalue weighted by Gasteiger charge is 2.24. The number of nitrogens with one attached hydrogen (secondary N) is 1. The fourth-order valence-corrected chi connectivity index (χ4v) is 3.92. The summed E-state index contributed by atoms with van der Waals surface area (Å²) >= 11 is 0. The average molecular weight is 343 g/mol. The van der Waals surface area contributed by atoms with Gasteiger partial charge in [0.25, 0.3) is 11.8 Å². The summed E-state index contributed by atoms with van der Waals surface area (Å²) in [6, 6.07) is 3.60. The maximum atomic E-state index is 12.7. The first-order chi connectivity index (χ1) is 12.1. The summed E-state index contributed by atoms with van der Waals surface area (Å²) in [6.07, 6.45) is 10.8. The fourth-order valence-electron chi connectivity index (χ4n) is 3.92. The molecule has 0 bridgehead atoms. The Kier molecular flexibility index (Phi) is 6.05. The van der Waals surface area contributed by atoms with E-state index in [2.05, 4.69) is 17.2 Å². The molecule has 3 rings (SSSR count). The van der Waals surface area contributed by atoms with Crippen LogP contribution in [0.1, 0.15) is 79.1 Å². The molecule has 1 saturated carbocycles. The summed E-state index contributed by atoms with van der Waals surface area (Å²) in [5, 5.41) is 3.14. The van der Waals surface area contributed by atoms with E-state index < -0.39 is 0 Å². The molecule has 2 fully saturated rings.